The molecular formula is C35H38N6O4. The van der Waals surface area contributed by atoms with Gasteiger partial charge in [-0.3, -0.25) is 19.2 Å². The van der Waals surface area contributed by atoms with Gasteiger partial charge in [-0.25, -0.2) is 0 Å². The third-order valence-corrected chi connectivity index (χ3v) is 8.74. The van der Waals surface area contributed by atoms with Crippen molar-refractivity contribution in [3.63, 3.8) is 0 Å². The van der Waals surface area contributed by atoms with Crippen molar-refractivity contribution >= 4 is 28.9 Å². The maximum Gasteiger partial charge on any atom is 0.268 e. The van der Waals surface area contributed by atoms with E-state index in [1.165, 1.54) is 0 Å². The van der Waals surface area contributed by atoms with Gasteiger partial charge in [0.25, 0.3) is 5.91 Å². The smallest absolute Gasteiger partial charge is 0.268 e. The van der Waals surface area contributed by atoms with Crippen LogP contribution >= 0.6 is 0 Å². The van der Waals surface area contributed by atoms with Gasteiger partial charge in [0.2, 0.25) is 5.91 Å². The van der Waals surface area contributed by atoms with Gasteiger partial charge in [0.1, 0.15) is 0 Å². The summed E-state index contributed by atoms with van der Waals surface area (Å²) in [5, 5.41) is 36.8. The molecule has 0 aliphatic carbocycles. The fourth-order valence-electron chi connectivity index (χ4n) is 6.20. The molecule has 232 valence electrons. The molecule has 0 spiro atoms. The second-order valence-corrected chi connectivity index (χ2v) is 11.7. The highest BCUT2D eigenvalue weighted by Gasteiger charge is 2.53. The number of carbonyl (C=O) groups excluding carboxylic acids is 2. The first-order valence-electron chi connectivity index (χ1n) is 15.4. The lowest BCUT2D eigenvalue weighted by Crippen LogP contribution is -2.42. The minimum absolute atomic E-state index is 0.0723. The van der Waals surface area contributed by atoms with E-state index >= 15 is 0 Å². The van der Waals surface area contributed by atoms with Crippen molar-refractivity contribution < 1.29 is 19.8 Å². The highest BCUT2D eigenvalue weighted by molar-refractivity contribution is 6.12. The highest BCUT2D eigenvalue weighted by atomic mass is 16.3. The monoisotopic (exact) mass is 606 g/mol. The Hall–Kier alpha value is -4.64. The van der Waals surface area contributed by atoms with Crippen LogP contribution in [0, 0.1) is 5.92 Å². The number of nitrogens with one attached hydrogen (secondary N) is 2. The molecule has 3 aromatic carbocycles. The molecule has 2 aliphatic rings. The van der Waals surface area contributed by atoms with Crippen LogP contribution in [0.25, 0.3) is 0 Å². The van der Waals surface area contributed by atoms with Crippen LogP contribution in [0.5, 0.6) is 0 Å². The number of hydrogen-bond donors (Lipinski definition) is 4. The van der Waals surface area contributed by atoms with Gasteiger partial charge in [-0.15, -0.1) is 5.10 Å². The standard InChI is InChI=1S/C35H38N6O4/c1-24(11-8-9-20-40-22-31(38-39-40)28(23-42)25-12-4-2-5-13-25)35(45)29-21-26(37-33(43)30-16-10-19-36-30)17-18-32(29)41(34(35)44)27-14-6-3-7-15-27/h2-8,11-15,17-18,21-22,24,28,30,36,42,45H,9-10,16,19-20,23H2,1H3,(H,37,43)/b11-8+/t24-,28?,30-,35+/m1/s1. The second-order valence-electron chi connectivity index (χ2n) is 11.7. The lowest BCUT2D eigenvalue weighted by Gasteiger charge is -2.28. The van der Waals surface area contributed by atoms with E-state index in [0.29, 0.717) is 41.3 Å². The van der Waals surface area contributed by atoms with Crippen molar-refractivity contribution in [2.24, 2.45) is 5.92 Å². The van der Waals surface area contributed by atoms with E-state index in [9.17, 15) is 19.8 Å². The number of aromatic nitrogens is 3. The minimum Gasteiger partial charge on any atom is -0.395 e. The molecule has 1 saturated heterocycles. The topological polar surface area (TPSA) is 133 Å². The van der Waals surface area contributed by atoms with E-state index in [1.807, 2.05) is 85.9 Å². The number of aliphatic hydroxyl groups is 2. The molecule has 0 saturated carbocycles. The second kappa shape index (κ2) is 13.2. The van der Waals surface area contributed by atoms with E-state index in [4.69, 9.17) is 0 Å². The van der Waals surface area contributed by atoms with Crippen LogP contribution in [-0.4, -0.2) is 56.2 Å². The van der Waals surface area contributed by atoms with E-state index in [-0.39, 0.29) is 24.5 Å². The Labute approximate surface area is 262 Å². The maximum absolute atomic E-state index is 14.0. The number of nitrogens with zero attached hydrogens (tertiary/aromatic N) is 4. The number of rotatable bonds is 11. The number of hydrogen-bond acceptors (Lipinski definition) is 7. The van der Waals surface area contributed by atoms with E-state index in [1.54, 1.807) is 27.8 Å². The maximum atomic E-state index is 14.0. The molecule has 2 amide bonds. The Morgan fingerprint density at radius 3 is 2.60 bits per heavy atom. The number of aryl methyl sites for hydroxylation is 1. The summed E-state index contributed by atoms with van der Waals surface area (Å²) >= 11 is 0. The van der Waals surface area contributed by atoms with Crippen molar-refractivity contribution in [2.45, 2.75) is 50.3 Å². The van der Waals surface area contributed by atoms with Crippen LogP contribution in [0.1, 0.15) is 48.9 Å². The predicted octanol–water partition coefficient (Wildman–Crippen LogP) is 4.24. The fourth-order valence-corrected chi connectivity index (χ4v) is 6.20. The summed E-state index contributed by atoms with van der Waals surface area (Å²) in [4.78, 5) is 28.4. The highest BCUT2D eigenvalue weighted by Crippen LogP contribution is 2.49. The Balaban J connectivity index is 1.20. The quantitative estimate of drug-likeness (QED) is 0.188. The van der Waals surface area contributed by atoms with Gasteiger partial charge in [-0.05, 0) is 61.7 Å². The molecule has 45 heavy (non-hydrogen) atoms. The molecule has 2 aliphatic heterocycles. The van der Waals surface area contributed by atoms with Gasteiger partial charge < -0.3 is 20.8 Å². The molecule has 0 bridgehead atoms. The number of anilines is 3. The third-order valence-electron chi connectivity index (χ3n) is 8.74. The summed E-state index contributed by atoms with van der Waals surface area (Å²) in [5.74, 6) is -1.41. The Morgan fingerprint density at radius 2 is 1.89 bits per heavy atom. The molecule has 6 rings (SSSR count). The van der Waals surface area contributed by atoms with Gasteiger partial charge in [-0.1, -0.05) is 72.8 Å². The van der Waals surface area contributed by atoms with Gasteiger partial charge >= 0.3 is 0 Å². The van der Waals surface area contributed by atoms with E-state index in [0.717, 1.165) is 24.9 Å². The number of amides is 2. The summed E-state index contributed by atoms with van der Waals surface area (Å²) in [6, 6.07) is 24.0. The zero-order valence-electron chi connectivity index (χ0n) is 25.2. The van der Waals surface area contributed by atoms with Crippen LogP contribution in [0.4, 0.5) is 17.1 Å². The van der Waals surface area contributed by atoms with E-state index in [2.05, 4.69) is 20.9 Å². The summed E-state index contributed by atoms with van der Waals surface area (Å²) in [7, 11) is 0. The lowest BCUT2D eigenvalue weighted by molar-refractivity contribution is -0.138. The first-order valence-corrected chi connectivity index (χ1v) is 15.4. The zero-order chi connectivity index (χ0) is 31.4. The first kappa shape index (κ1) is 30.4. The van der Waals surface area contributed by atoms with Crippen molar-refractivity contribution in [3.05, 3.63) is 114 Å². The van der Waals surface area contributed by atoms with Gasteiger partial charge in [0.05, 0.1) is 29.9 Å². The molecule has 0 radical (unpaired) electrons. The van der Waals surface area contributed by atoms with Crippen molar-refractivity contribution in [3.8, 4) is 0 Å². The Kier molecular flexibility index (Phi) is 8.88. The molecule has 10 nitrogen and oxygen atoms in total. The Bertz CT molecular complexity index is 1670. The summed E-state index contributed by atoms with van der Waals surface area (Å²) in [5.41, 5.74) is 2.03. The molecule has 10 heteroatoms. The van der Waals surface area contributed by atoms with Gasteiger partial charge in [0, 0.05) is 35.6 Å². The number of allylic oxidation sites excluding steroid dienone is 1. The fraction of sp³-hybridized carbons (Fsp3) is 0.314. The number of carbonyl (C=O) groups is 2. The van der Waals surface area contributed by atoms with Gasteiger partial charge in [-0.2, -0.15) is 0 Å². The van der Waals surface area contributed by atoms with Crippen LogP contribution < -0.4 is 15.5 Å². The van der Waals surface area contributed by atoms with Crippen LogP contribution in [0.3, 0.4) is 0 Å². The number of fused-ring (bicyclic) bond motifs is 1. The van der Waals surface area contributed by atoms with Crippen LogP contribution in [0.15, 0.2) is 97.2 Å². The lowest BCUT2D eigenvalue weighted by atomic mass is 9.82. The molecule has 1 unspecified atom stereocenters. The molecule has 3 heterocycles. The largest absolute Gasteiger partial charge is 0.395 e. The molecule has 4 aromatic rings. The first-order chi connectivity index (χ1) is 21.9. The summed E-state index contributed by atoms with van der Waals surface area (Å²) < 4.78 is 1.73. The normalized spacial score (nSPS) is 20.8. The van der Waals surface area contributed by atoms with Crippen LogP contribution in [-0.2, 0) is 21.7 Å². The van der Waals surface area contributed by atoms with Crippen molar-refractivity contribution in [1.82, 2.24) is 20.3 Å². The zero-order valence-corrected chi connectivity index (χ0v) is 25.2. The summed E-state index contributed by atoms with van der Waals surface area (Å²) in [6.07, 6.45) is 7.92. The molecule has 1 aromatic heterocycles. The van der Waals surface area contributed by atoms with Crippen molar-refractivity contribution in [2.75, 3.05) is 23.4 Å². The summed E-state index contributed by atoms with van der Waals surface area (Å²) in [6.45, 7) is 3.09. The predicted molar refractivity (Wildman–Crippen MR) is 172 cm³/mol. The van der Waals surface area contributed by atoms with Gasteiger partial charge in [0.15, 0.2) is 5.60 Å². The van der Waals surface area contributed by atoms with E-state index < -0.39 is 17.4 Å². The number of para-hydroxylation sites is 1. The number of aliphatic hydroxyl groups excluding tert-OH is 1. The SMILES string of the molecule is C[C@H](/C=C/CCn1cc(C(CO)c2ccccc2)nn1)[C@@]1(O)C(=O)N(c2ccccc2)c2ccc(NC(=O)[C@H]3CCCN3)cc21. The average Bonchev–Trinajstić information content (AvgIpc) is 3.82. The Morgan fingerprint density at radius 1 is 1.13 bits per heavy atom. The van der Waals surface area contributed by atoms with Crippen molar-refractivity contribution in [1.29, 1.82) is 0 Å². The third kappa shape index (κ3) is 6.04. The number of benzene rings is 3. The van der Waals surface area contributed by atoms with Crippen LogP contribution in [0.2, 0.25) is 0 Å². The molecule has 4 atom stereocenters. The molecule has 1 fully saturated rings. The molecular weight excluding hydrogens is 568 g/mol. The molecule has 4 N–H and O–H groups in total. The average molecular weight is 607 g/mol. The minimum atomic E-state index is -1.85.